The number of H-pyrrole nitrogens is 1. The zero-order valence-corrected chi connectivity index (χ0v) is 15.1. The van der Waals surface area contributed by atoms with Crippen LogP contribution in [0.1, 0.15) is 23.9 Å². The zero-order chi connectivity index (χ0) is 18.7. The Morgan fingerprint density at radius 2 is 1.96 bits per heavy atom. The second-order valence-corrected chi connectivity index (χ2v) is 6.28. The van der Waals surface area contributed by atoms with Crippen molar-refractivity contribution in [2.24, 2.45) is 0 Å². The van der Waals surface area contributed by atoms with E-state index >= 15 is 0 Å². The van der Waals surface area contributed by atoms with Crippen LogP contribution < -0.4 is 10.5 Å². The summed E-state index contributed by atoms with van der Waals surface area (Å²) in [7, 11) is 3.94. The highest BCUT2D eigenvalue weighted by atomic mass is 16.1. The zero-order valence-electron chi connectivity index (χ0n) is 15.1. The number of aryl methyl sites for hydroxylation is 1. The summed E-state index contributed by atoms with van der Waals surface area (Å²) in [6.45, 7) is 2.04. The van der Waals surface area contributed by atoms with Crippen LogP contribution >= 0.6 is 0 Å². The predicted octanol–water partition coefficient (Wildman–Crippen LogP) is 3.62. The van der Waals surface area contributed by atoms with Gasteiger partial charge in [-0.25, -0.2) is 4.98 Å². The van der Waals surface area contributed by atoms with Crippen LogP contribution in [0.3, 0.4) is 0 Å². The molecule has 1 heterocycles. The first-order valence-electron chi connectivity index (χ1n) is 8.44. The van der Waals surface area contributed by atoms with Gasteiger partial charge in [-0.05, 0) is 47.9 Å². The van der Waals surface area contributed by atoms with E-state index in [0.29, 0.717) is 16.5 Å². The monoisotopic (exact) mass is 344 g/mol. The van der Waals surface area contributed by atoms with E-state index in [0.717, 1.165) is 23.2 Å². The maximum atomic E-state index is 12.4. The second kappa shape index (κ2) is 7.24. The minimum atomic E-state index is -0.232. The summed E-state index contributed by atoms with van der Waals surface area (Å²) < 4.78 is 0. The Kier molecular flexibility index (Phi) is 4.85. The van der Waals surface area contributed by atoms with Gasteiger partial charge in [0.05, 0.1) is 16.5 Å². The maximum Gasteiger partial charge on any atom is 0.259 e. The fraction of sp³-hybridized carbons (Fsp3) is 0.190. The summed E-state index contributed by atoms with van der Waals surface area (Å²) in [5.41, 5.74) is 3.70. The standard InChI is InChI=1S/C21H20N4O/c1-4-14-7-10-19-18(12-14)21(26)24-20(23-19)16(13-22)11-15-5-8-17(9-6-15)25(2)3/h5-12H,4H2,1-3H3,(H,23,24,26). The number of rotatable bonds is 4. The number of nitriles is 1. The quantitative estimate of drug-likeness (QED) is 0.734. The van der Waals surface area contributed by atoms with Crippen LogP contribution in [0.4, 0.5) is 5.69 Å². The Bertz CT molecular complexity index is 1070. The van der Waals surface area contributed by atoms with Gasteiger partial charge in [0.25, 0.3) is 5.56 Å². The number of nitrogens with zero attached hydrogens (tertiary/aromatic N) is 3. The van der Waals surface area contributed by atoms with Crippen LogP contribution in [0.2, 0.25) is 0 Å². The van der Waals surface area contributed by atoms with Crippen LogP contribution in [-0.2, 0) is 6.42 Å². The number of benzene rings is 2. The molecule has 26 heavy (non-hydrogen) atoms. The molecule has 0 bridgehead atoms. The van der Waals surface area contributed by atoms with Gasteiger partial charge in [0, 0.05) is 19.8 Å². The molecule has 3 rings (SSSR count). The van der Waals surface area contributed by atoms with E-state index in [1.807, 2.05) is 68.4 Å². The third-order valence-electron chi connectivity index (χ3n) is 4.27. The van der Waals surface area contributed by atoms with E-state index < -0.39 is 0 Å². The van der Waals surface area contributed by atoms with Crippen LogP contribution in [0.5, 0.6) is 0 Å². The number of nitrogens with one attached hydrogen (secondary N) is 1. The Balaban J connectivity index is 2.05. The number of aromatic nitrogens is 2. The van der Waals surface area contributed by atoms with Gasteiger partial charge in [0.15, 0.2) is 5.82 Å². The molecule has 0 aliphatic heterocycles. The molecule has 0 unspecified atom stereocenters. The summed E-state index contributed by atoms with van der Waals surface area (Å²) in [6.07, 6.45) is 2.58. The number of allylic oxidation sites excluding steroid dienone is 1. The Labute approximate surface area is 152 Å². The van der Waals surface area contributed by atoms with E-state index in [1.165, 1.54) is 0 Å². The molecular weight excluding hydrogens is 324 g/mol. The van der Waals surface area contributed by atoms with Gasteiger partial charge in [-0.3, -0.25) is 4.79 Å². The van der Waals surface area contributed by atoms with Crippen molar-refractivity contribution in [1.29, 1.82) is 5.26 Å². The van der Waals surface area contributed by atoms with E-state index in [4.69, 9.17) is 0 Å². The van der Waals surface area contributed by atoms with Crippen molar-refractivity contribution in [1.82, 2.24) is 9.97 Å². The minimum absolute atomic E-state index is 0.232. The van der Waals surface area contributed by atoms with Gasteiger partial charge in [-0.1, -0.05) is 25.1 Å². The number of hydrogen-bond donors (Lipinski definition) is 1. The normalized spacial score (nSPS) is 11.4. The van der Waals surface area contributed by atoms with Crippen LogP contribution in [0.25, 0.3) is 22.6 Å². The van der Waals surface area contributed by atoms with Gasteiger partial charge in [-0.15, -0.1) is 0 Å². The SMILES string of the molecule is CCc1ccc2nc(C(C#N)=Cc3ccc(N(C)C)cc3)[nH]c(=O)c2c1. The molecule has 0 radical (unpaired) electrons. The molecular formula is C21H20N4O. The minimum Gasteiger partial charge on any atom is -0.378 e. The fourth-order valence-corrected chi connectivity index (χ4v) is 2.72. The van der Waals surface area contributed by atoms with E-state index in [9.17, 15) is 10.1 Å². The van der Waals surface area contributed by atoms with E-state index in [2.05, 4.69) is 16.0 Å². The Morgan fingerprint density at radius 1 is 1.23 bits per heavy atom. The third-order valence-corrected chi connectivity index (χ3v) is 4.27. The number of anilines is 1. The maximum absolute atomic E-state index is 12.4. The predicted molar refractivity (Wildman–Crippen MR) is 106 cm³/mol. The van der Waals surface area contributed by atoms with Gasteiger partial charge in [0.1, 0.15) is 6.07 Å². The van der Waals surface area contributed by atoms with Gasteiger partial charge in [0.2, 0.25) is 0 Å². The van der Waals surface area contributed by atoms with E-state index in [1.54, 1.807) is 6.08 Å². The molecule has 1 N–H and O–H groups in total. The Morgan fingerprint density at radius 3 is 2.58 bits per heavy atom. The molecule has 2 aromatic carbocycles. The summed E-state index contributed by atoms with van der Waals surface area (Å²) in [6, 6.07) is 15.6. The highest BCUT2D eigenvalue weighted by molar-refractivity contribution is 5.89. The molecule has 0 saturated heterocycles. The van der Waals surface area contributed by atoms with Crippen molar-refractivity contribution in [3.8, 4) is 6.07 Å². The summed E-state index contributed by atoms with van der Waals surface area (Å²) in [5, 5.41) is 10.1. The fourth-order valence-electron chi connectivity index (χ4n) is 2.72. The molecule has 3 aromatic rings. The third kappa shape index (κ3) is 3.50. The molecule has 0 atom stereocenters. The first-order valence-corrected chi connectivity index (χ1v) is 8.44. The number of hydrogen-bond acceptors (Lipinski definition) is 4. The second-order valence-electron chi connectivity index (χ2n) is 6.28. The van der Waals surface area contributed by atoms with Gasteiger partial charge < -0.3 is 9.88 Å². The summed E-state index contributed by atoms with van der Waals surface area (Å²) >= 11 is 0. The summed E-state index contributed by atoms with van der Waals surface area (Å²) in [5.74, 6) is 0.283. The largest absolute Gasteiger partial charge is 0.378 e. The first-order chi connectivity index (χ1) is 12.5. The van der Waals surface area contributed by atoms with Crippen LogP contribution in [0.15, 0.2) is 47.3 Å². The number of fused-ring (bicyclic) bond motifs is 1. The molecule has 0 aliphatic carbocycles. The topological polar surface area (TPSA) is 72.8 Å². The van der Waals surface area contributed by atoms with Crippen molar-refractivity contribution < 1.29 is 0 Å². The van der Waals surface area contributed by atoms with Gasteiger partial charge in [-0.2, -0.15) is 5.26 Å². The molecule has 5 nitrogen and oxygen atoms in total. The highest BCUT2D eigenvalue weighted by Crippen LogP contribution is 2.19. The number of aromatic amines is 1. The lowest BCUT2D eigenvalue weighted by Crippen LogP contribution is -2.11. The molecule has 0 saturated carbocycles. The van der Waals surface area contributed by atoms with Crippen molar-refractivity contribution in [2.45, 2.75) is 13.3 Å². The molecule has 0 amide bonds. The van der Waals surface area contributed by atoms with Crippen molar-refractivity contribution in [3.63, 3.8) is 0 Å². The van der Waals surface area contributed by atoms with Crippen LogP contribution in [-0.4, -0.2) is 24.1 Å². The summed E-state index contributed by atoms with van der Waals surface area (Å²) in [4.78, 5) is 21.6. The molecule has 0 aliphatic rings. The van der Waals surface area contributed by atoms with Crippen LogP contribution in [0, 0.1) is 11.3 Å². The van der Waals surface area contributed by atoms with Crippen molar-refractivity contribution in [3.05, 3.63) is 69.8 Å². The van der Waals surface area contributed by atoms with E-state index in [-0.39, 0.29) is 11.4 Å². The Hall–Kier alpha value is -3.39. The lowest BCUT2D eigenvalue weighted by molar-refractivity contribution is 1.11. The lowest BCUT2D eigenvalue weighted by atomic mass is 10.1. The first kappa shape index (κ1) is 17.4. The molecule has 0 fully saturated rings. The molecule has 130 valence electrons. The molecule has 1 aromatic heterocycles. The van der Waals surface area contributed by atoms with Gasteiger partial charge >= 0.3 is 0 Å². The molecule has 5 heteroatoms. The highest BCUT2D eigenvalue weighted by Gasteiger charge is 2.09. The smallest absolute Gasteiger partial charge is 0.259 e. The molecule has 0 spiro atoms. The van der Waals surface area contributed by atoms with Crippen molar-refractivity contribution in [2.75, 3.05) is 19.0 Å². The van der Waals surface area contributed by atoms with Crippen molar-refractivity contribution >= 4 is 28.2 Å². The lowest BCUT2D eigenvalue weighted by Gasteiger charge is -2.11. The average Bonchev–Trinajstić information content (AvgIpc) is 2.66. The average molecular weight is 344 g/mol.